The molecular formula is C30H26Cl2N6O3. The Morgan fingerprint density at radius 3 is 2.34 bits per heavy atom. The maximum absolute atomic E-state index is 13.2. The van der Waals surface area contributed by atoms with Crippen LogP contribution in [0.2, 0.25) is 10.0 Å². The topological polar surface area (TPSA) is 109 Å². The van der Waals surface area contributed by atoms with Crippen LogP contribution in [0.3, 0.4) is 0 Å². The highest BCUT2D eigenvalue weighted by atomic mass is 35.5. The highest BCUT2D eigenvalue weighted by Crippen LogP contribution is 2.33. The van der Waals surface area contributed by atoms with Gasteiger partial charge in [-0.25, -0.2) is 9.99 Å². The van der Waals surface area contributed by atoms with Gasteiger partial charge in [-0.15, -0.1) is 0 Å². The van der Waals surface area contributed by atoms with Crippen molar-refractivity contribution in [3.8, 4) is 0 Å². The smallest absolute Gasteiger partial charge is 0.325 e. The molecule has 0 radical (unpaired) electrons. The largest absolute Gasteiger partial charge is 0.468 e. The summed E-state index contributed by atoms with van der Waals surface area (Å²) in [6, 6.07) is 24.9. The number of benzene rings is 3. The molecule has 3 aromatic carbocycles. The highest BCUT2D eigenvalue weighted by molar-refractivity contribution is 6.31. The lowest BCUT2D eigenvalue weighted by Crippen LogP contribution is -2.32. The quantitative estimate of drug-likeness (QED) is 0.255. The standard InChI is InChI=1S/C30H26Cl2N6O3/c1-41-26(39)17-33-29(40)24-16-35-30(34-15-19-7-11-22(31)12-8-19)36-28(24)38-18-25(20-5-3-2-4-6-20)27(37-38)21-9-13-23(32)14-10-21/h2-14,16,25H,15,17-18H2,1H3,(H,33,40)(H,34,35,36). The van der Waals surface area contributed by atoms with Crippen molar-refractivity contribution in [2.24, 2.45) is 5.10 Å². The predicted molar refractivity (Wildman–Crippen MR) is 160 cm³/mol. The molecule has 0 aliphatic carbocycles. The molecule has 1 aliphatic heterocycles. The van der Waals surface area contributed by atoms with Gasteiger partial charge < -0.3 is 15.4 Å². The number of rotatable bonds is 9. The van der Waals surface area contributed by atoms with Crippen LogP contribution in [0.25, 0.3) is 0 Å². The summed E-state index contributed by atoms with van der Waals surface area (Å²) in [4.78, 5) is 33.9. The number of hydrogen-bond acceptors (Lipinski definition) is 8. The average Bonchev–Trinajstić information content (AvgIpc) is 3.45. The van der Waals surface area contributed by atoms with E-state index in [1.807, 2.05) is 66.7 Å². The SMILES string of the molecule is COC(=O)CNC(=O)c1cnc(NCc2ccc(Cl)cc2)nc1N1CC(c2ccccc2)C(c2ccc(Cl)cc2)=N1. The van der Waals surface area contributed by atoms with Gasteiger partial charge >= 0.3 is 5.97 Å². The summed E-state index contributed by atoms with van der Waals surface area (Å²) in [6.45, 7) is 0.570. The zero-order valence-electron chi connectivity index (χ0n) is 22.1. The monoisotopic (exact) mass is 588 g/mol. The Morgan fingerprint density at radius 1 is 0.976 bits per heavy atom. The molecule has 1 amide bonds. The zero-order chi connectivity index (χ0) is 28.8. The van der Waals surface area contributed by atoms with Crippen LogP contribution in [0, 0.1) is 0 Å². The maximum Gasteiger partial charge on any atom is 0.325 e. The Bertz CT molecular complexity index is 1560. The van der Waals surface area contributed by atoms with Crippen LogP contribution in [0.4, 0.5) is 11.8 Å². The van der Waals surface area contributed by atoms with E-state index in [9.17, 15) is 9.59 Å². The van der Waals surface area contributed by atoms with Crippen LogP contribution in [0.5, 0.6) is 0 Å². The molecule has 2 N–H and O–H groups in total. The summed E-state index contributed by atoms with van der Waals surface area (Å²) in [7, 11) is 1.26. The Hall–Kier alpha value is -4.47. The molecule has 0 fully saturated rings. The third-order valence-corrected chi connectivity index (χ3v) is 7.00. The van der Waals surface area contributed by atoms with E-state index in [-0.39, 0.29) is 18.0 Å². The number of ether oxygens (including phenoxy) is 1. The Kier molecular flexibility index (Phi) is 8.76. The number of aromatic nitrogens is 2. The Labute approximate surface area is 247 Å². The fraction of sp³-hybridized carbons (Fsp3) is 0.167. The molecule has 1 atom stereocenters. The molecule has 0 saturated carbocycles. The first-order valence-corrected chi connectivity index (χ1v) is 13.5. The van der Waals surface area contributed by atoms with E-state index >= 15 is 0 Å². The van der Waals surface area contributed by atoms with Gasteiger partial charge in [-0.1, -0.05) is 77.8 Å². The normalized spacial score (nSPS) is 14.4. The van der Waals surface area contributed by atoms with Crippen molar-refractivity contribution in [3.63, 3.8) is 0 Å². The summed E-state index contributed by atoms with van der Waals surface area (Å²) >= 11 is 12.2. The number of carbonyl (C=O) groups excluding carboxylic acids is 2. The van der Waals surface area contributed by atoms with Gasteiger partial charge in [0.1, 0.15) is 12.1 Å². The van der Waals surface area contributed by atoms with Gasteiger partial charge in [-0.3, -0.25) is 9.59 Å². The second-order valence-electron chi connectivity index (χ2n) is 9.21. The van der Waals surface area contributed by atoms with Crippen molar-refractivity contribution in [2.45, 2.75) is 12.5 Å². The van der Waals surface area contributed by atoms with Crippen molar-refractivity contribution < 1.29 is 14.3 Å². The van der Waals surface area contributed by atoms with Gasteiger partial charge in [0.2, 0.25) is 5.95 Å². The van der Waals surface area contributed by atoms with Crippen molar-refractivity contribution in [3.05, 3.63) is 117 Å². The van der Waals surface area contributed by atoms with E-state index in [0.29, 0.717) is 34.9 Å². The van der Waals surface area contributed by atoms with E-state index in [1.54, 1.807) is 17.1 Å². The summed E-state index contributed by atoms with van der Waals surface area (Å²) in [5.74, 6) is -0.600. The van der Waals surface area contributed by atoms with Crippen LogP contribution < -0.4 is 15.6 Å². The molecule has 208 valence electrons. The number of hydrazone groups is 1. The van der Waals surface area contributed by atoms with E-state index < -0.39 is 11.9 Å². The maximum atomic E-state index is 13.2. The molecule has 0 bridgehead atoms. The van der Waals surface area contributed by atoms with Crippen LogP contribution in [-0.2, 0) is 16.1 Å². The number of methoxy groups -OCH3 is 1. The van der Waals surface area contributed by atoms with Gasteiger partial charge in [0, 0.05) is 28.7 Å². The van der Waals surface area contributed by atoms with Crippen molar-refractivity contribution in [1.82, 2.24) is 15.3 Å². The molecule has 9 nitrogen and oxygen atoms in total. The lowest BCUT2D eigenvalue weighted by Gasteiger charge is -2.19. The predicted octanol–water partition coefficient (Wildman–Crippen LogP) is 5.31. The summed E-state index contributed by atoms with van der Waals surface area (Å²) < 4.78 is 4.66. The van der Waals surface area contributed by atoms with Gasteiger partial charge in [0.15, 0.2) is 5.82 Å². The van der Waals surface area contributed by atoms with Gasteiger partial charge in [-0.2, -0.15) is 10.1 Å². The summed E-state index contributed by atoms with van der Waals surface area (Å²) in [5, 5.41) is 13.7. The molecule has 0 spiro atoms. The third-order valence-electron chi connectivity index (χ3n) is 6.50. The van der Waals surface area contributed by atoms with E-state index in [4.69, 9.17) is 33.3 Å². The van der Waals surface area contributed by atoms with Crippen molar-refractivity contribution in [2.75, 3.05) is 30.5 Å². The van der Waals surface area contributed by atoms with Crippen LogP contribution in [0.15, 0.2) is 90.2 Å². The lowest BCUT2D eigenvalue weighted by molar-refractivity contribution is -0.139. The first kappa shape index (κ1) is 28.1. The number of hydrogen-bond donors (Lipinski definition) is 2. The zero-order valence-corrected chi connectivity index (χ0v) is 23.6. The fourth-order valence-electron chi connectivity index (χ4n) is 4.38. The Morgan fingerprint density at radius 2 is 1.66 bits per heavy atom. The summed E-state index contributed by atoms with van der Waals surface area (Å²) in [6.07, 6.45) is 1.42. The van der Waals surface area contributed by atoms with Gasteiger partial charge in [0.25, 0.3) is 5.91 Å². The van der Waals surface area contributed by atoms with E-state index in [0.717, 1.165) is 22.4 Å². The molecule has 1 unspecified atom stereocenters. The first-order valence-electron chi connectivity index (χ1n) is 12.8. The molecule has 0 saturated heterocycles. The minimum atomic E-state index is -0.574. The van der Waals surface area contributed by atoms with Crippen molar-refractivity contribution >= 4 is 52.6 Å². The molecular weight excluding hydrogens is 563 g/mol. The average molecular weight is 589 g/mol. The van der Waals surface area contributed by atoms with Gasteiger partial charge in [0.05, 0.1) is 19.4 Å². The number of nitrogens with one attached hydrogen (secondary N) is 2. The third kappa shape index (κ3) is 6.82. The number of carbonyl (C=O) groups is 2. The second-order valence-corrected chi connectivity index (χ2v) is 10.1. The molecule has 4 aromatic rings. The first-order chi connectivity index (χ1) is 19.9. The lowest BCUT2D eigenvalue weighted by atomic mass is 9.91. The van der Waals surface area contributed by atoms with Crippen LogP contribution >= 0.6 is 23.2 Å². The summed E-state index contributed by atoms with van der Waals surface area (Å²) in [5.41, 5.74) is 3.92. The molecule has 11 heteroatoms. The van der Waals surface area contributed by atoms with Gasteiger partial charge in [-0.05, 0) is 41.0 Å². The molecule has 2 heterocycles. The molecule has 41 heavy (non-hydrogen) atoms. The number of nitrogens with zero attached hydrogens (tertiary/aromatic N) is 4. The Balaban J connectivity index is 1.51. The van der Waals surface area contributed by atoms with E-state index in [1.165, 1.54) is 13.3 Å². The number of amides is 1. The number of halogens is 2. The second kappa shape index (κ2) is 12.8. The fourth-order valence-corrected chi connectivity index (χ4v) is 4.63. The number of esters is 1. The van der Waals surface area contributed by atoms with Crippen molar-refractivity contribution in [1.29, 1.82) is 0 Å². The minimum Gasteiger partial charge on any atom is -0.468 e. The van der Waals surface area contributed by atoms with E-state index in [2.05, 4.69) is 20.4 Å². The minimum absolute atomic E-state index is 0.108. The number of anilines is 2. The molecule has 1 aromatic heterocycles. The molecule has 1 aliphatic rings. The molecule has 5 rings (SSSR count). The van der Waals surface area contributed by atoms with Crippen LogP contribution in [0.1, 0.15) is 33.0 Å². The van der Waals surface area contributed by atoms with Crippen LogP contribution in [-0.4, -0.2) is 47.8 Å². The highest BCUT2D eigenvalue weighted by Gasteiger charge is 2.33.